The van der Waals surface area contributed by atoms with Gasteiger partial charge in [0.25, 0.3) is 5.91 Å². The van der Waals surface area contributed by atoms with Gasteiger partial charge in [-0.25, -0.2) is 14.8 Å². The molecule has 0 bridgehead atoms. The van der Waals surface area contributed by atoms with Gasteiger partial charge in [0.1, 0.15) is 11.5 Å². The van der Waals surface area contributed by atoms with Crippen LogP contribution >= 0.6 is 11.6 Å². The molecule has 0 spiro atoms. The molecule has 0 aliphatic heterocycles. The zero-order valence-electron chi connectivity index (χ0n) is 15.2. The molecule has 8 heteroatoms. The molecule has 142 valence electrons. The van der Waals surface area contributed by atoms with Gasteiger partial charge in [0.15, 0.2) is 0 Å². The minimum atomic E-state index is -0.478. The molecule has 7 nitrogen and oxygen atoms in total. The minimum absolute atomic E-state index is 0.167. The summed E-state index contributed by atoms with van der Waals surface area (Å²) in [6.45, 7) is 1.97. The number of ether oxygens (including phenoxy) is 1. The van der Waals surface area contributed by atoms with Crippen molar-refractivity contribution in [2.24, 2.45) is 0 Å². The summed E-state index contributed by atoms with van der Waals surface area (Å²) in [5.41, 5.74) is 2.75. The Bertz CT molecular complexity index is 1000. The molecule has 0 aliphatic rings. The third-order valence-electron chi connectivity index (χ3n) is 3.84. The number of anilines is 3. The predicted octanol–water partition coefficient (Wildman–Crippen LogP) is 4.22. The molecule has 28 heavy (non-hydrogen) atoms. The summed E-state index contributed by atoms with van der Waals surface area (Å²) < 4.78 is 4.70. The molecule has 0 aliphatic carbocycles. The number of nitrogens with zero attached hydrogens (tertiary/aromatic N) is 2. The third kappa shape index (κ3) is 4.63. The van der Waals surface area contributed by atoms with E-state index in [0.717, 1.165) is 5.56 Å². The summed E-state index contributed by atoms with van der Waals surface area (Å²) in [6.07, 6.45) is 2.76. The molecule has 0 saturated heterocycles. The Kier molecular flexibility index (Phi) is 5.86. The Hall–Kier alpha value is -3.45. The van der Waals surface area contributed by atoms with Gasteiger partial charge in [0.2, 0.25) is 0 Å². The summed E-state index contributed by atoms with van der Waals surface area (Å²) in [5.74, 6) is -0.474. The maximum Gasteiger partial charge on any atom is 0.337 e. The average molecular weight is 397 g/mol. The van der Waals surface area contributed by atoms with Crippen LogP contribution in [0.25, 0.3) is 0 Å². The lowest BCUT2D eigenvalue weighted by atomic mass is 10.2. The van der Waals surface area contributed by atoms with Gasteiger partial charge in [-0.3, -0.25) is 4.79 Å². The van der Waals surface area contributed by atoms with Gasteiger partial charge in [-0.15, -0.1) is 0 Å². The van der Waals surface area contributed by atoms with Crippen molar-refractivity contribution in [2.75, 3.05) is 17.7 Å². The first kappa shape index (κ1) is 19.3. The van der Waals surface area contributed by atoms with E-state index in [1.807, 2.05) is 31.2 Å². The molecule has 3 aromatic rings. The van der Waals surface area contributed by atoms with E-state index in [9.17, 15) is 9.59 Å². The fourth-order valence-corrected chi connectivity index (χ4v) is 2.51. The van der Waals surface area contributed by atoms with Crippen LogP contribution < -0.4 is 10.6 Å². The summed E-state index contributed by atoms with van der Waals surface area (Å²) >= 11 is 6.15. The SMILES string of the molecule is COC(=O)c1ccc(Cl)c(Nc2cnc(C(=O)Nc3ccc(C)cc3)cn2)c1. The maximum absolute atomic E-state index is 12.3. The van der Waals surface area contributed by atoms with Crippen molar-refractivity contribution in [1.82, 2.24) is 9.97 Å². The first-order valence-electron chi connectivity index (χ1n) is 8.31. The standard InChI is InChI=1S/C20H17ClN4O3/c1-12-3-6-14(7-4-12)24-19(26)17-10-23-18(11-22-17)25-16-9-13(20(27)28-2)5-8-15(16)21/h3-11H,1-2H3,(H,23,25)(H,24,26). The first-order chi connectivity index (χ1) is 13.5. The molecule has 0 unspecified atom stereocenters. The topological polar surface area (TPSA) is 93.2 Å². The van der Waals surface area contributed by atoms with Crippen molar-refractivity contribution < 1.29 is 14.3 Å². The van der Waals surface area contributed by atoms with Gasteiger partial charge < -0.3 is 15.4 Å². The zero-order chi connectivity index (χ0) is 20.1. The number of benzene rings is 2. The quantitative estimate of drug-likeness (QED) is 0.627. The lowest BCUT2D eigenvalue weighted by molar-refractivity contribution is 0.0600. The number of carbonyl (C=O) groups is 2. The largest absolute Gasteiger partial charge is 0.465 e. The van der Waals surface area contributed by atoms with Crippen LogP contribution in [-0.4, -0.2) is 29.0 Å². The van der Waals surface area contributed by atoms with Crippen LogP contribution in [-0.2, 0) is 4.74 Å². The fourth-order valence-electron chi connectivity index (χ4n) is 2.35. The third-order valence-corrected chi connectivity index (χ3v) is 4.17. The molecule has 1 heterocycles. The summed E-state index contributed by atoms with van der Waals surface area (Å²) in [5, 5.41) is 6.12. The number of amides is 1. The zero-order valence-corrected chi connectivity index (χ0v) is 15.9. The van der Waals surface area contributed by atoms with Crippen molar-refractivity contribution in [3.63, 3.8) is 0 Å². The van der Waals surface area contributed by atoms with E-state index in [0.29, 0.717) is 27.8 Å². The second-order valence-corrected chi connectivity index (χ2v) is 6.33. The normalized spacial score (nSPS) is 10.2. The number of carbonyl (C=O) groups excluding carboxylic acids is 2. The van der Waals surface area contributed by atoms with E-state index in [-0.39, 0.29) is 11.6 Å². The average Bonchev–Trinajstić information content (AvgIpc) is 2.71. The smallest absolute Gasteiger partial charge is 0.337 e. The monoisotopic (exact) mass is 396 g/mol. The van der Waals surface area contributed by atoms with Crippen LogP contribution in [0, 0.1) is 6.92 Å². The molecular formula is C20H17ClN4O3. The van der Waals surface area contributed by atoms with Crippen LogP contribution in [0.1, 0.15) is 26.4 Å². The van der Waals surface area contributed by atoms with Crippen molar-refractivity contribution in [1.29, 1.82) is 0 Å². The Morgan fingerprint density at radius 3 is 2.43 bits per heavy atom. The maximum atomic E-state index is 12.3. The second kappa shape index (κ2) is 8.49. The molecule has 2 N–H and O–H groups in total. The van der Waals surface area contributed by atoms with E-state index < -0.39 is 5.97 Å². The number of nitrogens with one attached hydrogen (secondary N) is 2. The van der Waals surface area contributed by atoms with E-state index >= 15 is 0 Å². The lowest BCUT2D eigenvalue weighted by Crippen LogP contribution is -2.14. The van der Waals surface area contributed by atoms with E-state index in [1.54, 1.807) is 18.2 Å². The highest BCUT2D eigenvalue weighted by Gasteiger charge is 2.11. The van der Waals surface area contributed by atoms with Crippen molar-refractivity contribution in [3.05, 3.63) is 76.7 Å². The van der Waals surface area contributed by atoms with Crippen LogP contribution in [0.4, 0.5) is 17.2 Å². The van der Waals surface area contributed by atoms with Gasteiger partial charge in [-0.1, -0.05) is 29.3 Å². The van der Waals surface area contributed by atoms with Gasteiger partial charge in [0, 0.05) is 5.69 Å². The highest BCUT2D eigenvalue weighted by atomic mass is 35.5. The van der Waals surface area contributed by atoms with Gasteiger partial charge in [-0.2, -0.15) is 0 Å². The number of halogens is 1. The molecule has 1 aromatic heterocycles. The van der Waals surface area contributed by atoms with Gasteiger partial charge in [0.05, 0.1) is 35.8 Å². The molecule has 0 fully saturated rings. The Morgan fingerprint density at radius 1 is 1.04 bits per heavy atom. The molecule has 0 saturated carbocycles. The Labute approximate surface area is 166 Å². The minimum Gasteiger partial charge on any atom is -0.465 e. The molecule has 2 aromatic carbocycles. The number of aromatic nitrogens is 2. The number of aryl methyl sites for hydroxylation is 1. The lowest BCUT2D eigenvalue weighted by Gasteiger charge is -2.10. The number of hydrogen-bond donors (Lipinski definition) is 2. The van der Waals surface area contributed by atoms with Crippen LogP contribution in [0.3, 0.4) is 0 Å². The molecule has 0 radical (unpaired) electrons. The van der Waals surface area contributed by atoms with Crippen LogP contribution in [0.15, 0.2) is 54.9 Å². The highest BCUT2D eigenvalue weighted by Crippen LogP contribution is 2.26. The number of methoxy groups -OCH3 is 1. The molecule has 3 rings (SSSR count). The first-order valence-corrected chi connectivity index (χ1v) is 8.69. The Balaban J connectivity index is 1.71. The summed E-state index contributed by atoms with van der Waals surface area (Å²) in [7, 11) is 1.30. The van der Waals surface area contributed by atoms with Crippen LogP contribution in [0.2, 0.25) is 5.02 Å². The Morgan fingerprint density at radius 2 is 1.79 bits per heavy atom. The van der Waals surface area contributed by atoms with Crippen molar-refractivity contribution in [3.8, 4) is 0 Å². The van der Waals surface area contributed by atoms with Gasteiger partial charge >= 0.3 is 5.97 Å². The van der Waals surface area contributed by atoms with E-state index in [1.165, 1.54) is 19.5 Å². The molecular weight excluding hydrogens is 380 g/mol. The van der Waals surface area contributed by atoms with Crippen molar-refractivity contribution in [2.45, 2.75) is 6.92 Å². The van der Waals surface area contributed by atoms with E-state index in [2.05, 4.69) is 20.6 Å². The highest BCUT2D eigenvalue weighted by molar-refractivity contribution is 6.33. The number of rotatable bonds is 5. The van der Waals surface area contributed by atoms with Crippen molar-refractivity contribution >= 4 is 40.7 Å². The second-order valence-electron chi connectivity index (χ2n) is 5.92. The van der Waals surface area contributed by atoms with E-state index in [4.69, 9.17) is 16.3 Å². The van der Waals surface area contributed by atoms with Gasteiger partial charge in [-0.05, 0) is 37.3 Å². The predicted molar refractivity (Wildman–Crippen MR) is 107 cm³/mol. The number of esters is 1. The summed E-state index contributed by atoms with van der Waals surface area (Å²) in [4.78, 5) is 32.2. The summed E-state index contributed by atoms with van der Waals surface area (Å²) in [6, 6.07) is 12.1. The number of hydrogen-bond acceptors (Lipinski definition) is 6. The molecule has 1 amide bonds. The molecule has 0 atom stereocenters. The van der Waals surface area contributed by atoms with Crippen LogP contribution in [0.5, 0.6) is 0 Å². The fraction of sp³-hybridized carbons (Fsp3) is 0.100.